The van der Waals surface area contributed by atoms with Crippen LogP contribution in [0.4, 0.5) is 0 Å². The van der Waals surface area contributed by atoms with Gasteiger partial charge in [0, 0.05) is 12.8 Å². The van der Waals surface area contributed by atoms with Crippen LogP contribution in [0.3, 0.4) is 0 Å². The van der Waals surface area contributed by atoms with Crippen molar-refractivity contribution >= 4 is 28.4 Å². The number of allylic oxidation sites excluding steroid dienone is 2. The van der Waals surface area contributed by atoms with Gasteiger partial charge in [-0.1, -0.05) is 18.2 Å². The van der Waals surface area contributed by atoms with Crippen LogP contribution in [-0.4, -0.2) is 5.78 Å². The van der Waals surface area contributed by atoms with Gasteiger partial charge in [-0.25, -0.2) is 0 Å². The van der Waals surface area contributed by atoms with Gasteiger partial charge in [0.25, 0.3) is 0 Å². The Morgan fingerprint density at radius 1 is 1.14 bits per heavy atom. The molecule has 0 atom stereocenters. The van der Waals surface area contributed by atoms with Gasteiger partial charge < -0.3 is 4.74 Å². The van der Waals surface area contributed by atoms with E-state index in [1.54, 1.807) is 0 Å². The highest BCUT2D eigenvalue weighted by atomic mass is 127. The molecule has 0 fully saturated rings. The van der Waals surface area contributed by atoms with E-state index in [-0.39, 0.29) is 5.78 Å². The molecular weight excluding hydrogens is 291 g/mol. The van der Waals surface area contributed by atoms with Crippen molar-refractivity contribution in [1.29, 1.82) is 0 Å². The summed E-state index contributed by atoms with van der Waals surface area (Å²) in [6.07, 6.45) is 1.31. The van der Waals surface area contributed by atoms with Crippen molar-refractivity contribution in [3.63, 3.8) is 0 Å². The lowest BCUT2D eigenvalue weighted by Gasteiger charge is -2.05. The first-order chi connectivity index (χ1) is 6.77. The molecule has 0 N–H and O–H groups in total. The monoisotopic (exact) mass is 300 g/mol. The molecule has 14 heavy (non-hydrogen) atoms. The molecule has 1 aliphatic carbocycles. The number of hydrogen-bond donors (Lipinski definition) is 0. The first kappa shape index (κ1) is 9.71. The molecule has 1 aromatic carbocycles. The van der Waals surface area contributed by atoms with Crippen LogP contribution in [0.15, 0.2) is 39.7 Å². The second kappa shape index (κ2) is 4.13. The van der Waals surface area contributed by atoms with Gasteiger partial charge in [-0.3, -0.25) is 4.79 Å². The second-order valence-electron chi connectivity index (χ2n) is 3.08. The number of ether oxygens (including phenoxy) is 1. The van der Waals surface area contributed by atoms with Gasteiger partial charge in [-0.15, -0.1) is 0 Å². The predicted molar refractivity (Wildman–Crippen MR) is 62.4 cm³/mol. The first-order valence-corrected chi connectivity index (χ1v) is 5.50. The molecule has 0 unspecified atom stereocenters. The highest BCUT2D eigenvalue weighted by Gasteiger charge is 2.22. The van der Waals surface area contributed by atoms with Gasteiger partial charge in [-0.05, 0) is 34.7 Å². The van der Waals surface area contributed by atoms with Crippen LogP contribution >= 0.6 is 22.6 Å². The van der Waals surface area contributed by atoms with E-state index in [2.05, 4.69) is 22.6 Å². The van der Waals surface area contributed by atoms with Crippen LogP contribution in [0, 0.1) is 0 Å². The Kier molecular flexibility index (Phi) is 2.86. The highest BCUT2D eigenvalue weighted by Crippen LogP contribution is 2.29. The smallest absolute Gasteiger partial charge is 0.172 e. The number of hydrogen-bond acceptors (Lipinski definition) is 2. The molecule has 72 valence electrons. The Hall–Kier alpha value is -0.840. The molecule has 0 heterocycles. The summed E-state index contributed by atoms with van der Waals surface area (Å²) in [4.78, 5) is 11.2. The van der Waals surface area contributed by atoms with Crippen LogP contribution in [0.1, 0.15) is 12.8 Å². The average Bonchev–Trinajstić information content (AvgIpc) is 2.52. The summed E-state index contributed by atoms with van der Waals surface area (Å²) in [6, 6.07) is 9.55. The normalized spacial score (nSPS) is 16.2. The number of ketones is 1. The molecule has 2 nitrogen and oxygen atoms in total. The lowest BCUT2D eigenvalue weighted by molar-refractivity contribution is -0.114. The molecular formula is C11H9IO2. The molecule has 0 bridgehead atoms. The Labute approximate surface area is 96.1 Å². The quantitative estimate of drug-likeness (QED) is 0.785. The Bertz CT molecular complexity index is 382. The molecule has 0 spiro atoms. The molecule has 0 radical (unpaired) electrons. The third-order valence-corrected chi connectivity index (χ3v) is 3.26. The fraction of sp³-hybridized carbons (Fsp3) is 0.182. The van der Waals surface area contributed by atoms with E-state index < -0.39 is 0 Å². The van der Waals surface area contributed by atoms with Crippen molar-refractivity contribution in [2.75, 3.05) is 0 Å². The summed E-state index contributed by atoms with van der Waals surface area (Å²) in [5, 5.41) is 0. The standard InChI is InChI=1S/C11H9IO2/c12-11-9(13)6-7-10(11)14-8-4-2-1-3-5-8/h1-5H,6-7H2. The van der Waals surface area contributed by atoms with E-state index in [9.17, 15) is 4.79 Å². The number of halogens is 1. The predicted octanol–water partition coefficient (Wildman–Crippen LogP) is 3.07. The van der Waals surface area contributed by atoms with Crippen molar-refractivity contribution in [2.45, 2.75) is 12.8 Å². The zero-order valence-corrected chi connectivity index (χ0v) is 9.65. The van der Waals surface area contributed by atoms with E-state index in [1.807, 2.05) is 30.3 Å². The molecule has 3 heteroatoms. The average molecular weight is 300 g/mol. The lowest BCUT2D eigenvalue weighted by atomic mass is 10.3. The molecule has 0 aromatic heterocycles. The van der Waals surface area contributed by atoms with Crippen LogP contribution in [-0.2, 0) is 4.79 Å². The number of para-hydroxylation sites is 1. The van der Waals surface area contributed by atoms with Crippen molar-refractivity contribution in [1.82, 2.24) is 0 Å². The SMILES string of the molecule is O=C1CCC(Oc2ccccc2)=C1I. The van der Waals surface area contributed by atoms with Crippen LogP contribution < -0.4 is 4.74 Å². The number of Topliss-reactive ketones (excluding diaryl/α,β-unsaturated/α-hetero) is 1. The van der Waals surface area contributed by atoms with E-state index >= 15 is 0 Å². The van der Waals surface area contributed by atoms with Crippen molar-refractivity contribution in [2.24, 2.45) is 0 Å². The molecule has 2 rings (SSSR count). The maximum Gasteiger partial charge on any atom is 0.172 e. The van der Waals surface area contributed by atoms with Gasteiger partial charge in [0.05, 0.1) is 3.58 Å². The Morgan fingerprint density at radius 2 is 1.86 bits per heavy atom. The van der Waals surface area contributed by atoms with E-state index in [1.165, 1.54) is 0 Å². The Morgan fingerprint density at radius 3 is 2.43 bits per heavy atom. The number of benzene rings is 1. The zero-order chi connectivity index (χ0) is 9.97. The van der Waals surface area contributed by atoms with Crippen molar-refractivity contribution in [3.05, 3.63) is 39.7 Å². The molecule has 0 aliphatic heterocycles. The minimum absolute atomic E-state index is 0.191. The van der Waals surface area contributed by atoms with Crippen molar-refractivity contribution < 1.29 is 9.53 Å². The fourth-order valence-corrected chi connectivity index (χ4v) is 1.98. The van der Waals surface area contributed by atoms with Crippen LogP contribution in [0.5, 0.6) is 5.75 Å². The summed E-state index contributed by atoms with van der Waals surface area (Å²) in [5.74, 6) is 1.80. The van der Waals surface area contributed by atoms with E-state index in [0.717, 1.165) is 21.5 Å². The fourth-order valence-electron chi connectivity index (χ4n) is 1.33. The minimum atomic E-state index is 0.191. The summed E-state index contributed by atoms with van der Waals surface area (Å²) < 4.78 is 6.35. The number of carbonyl (C=O) groups excluding carboxylic acids is 1. The van der Waals surface area contributed by atoms with Gasteiger partial charge in [0.2, 0.25) is 0 Å². The van der Waals surface area contributed by atoms with E-state index in [0.29, 0.717) is 6.42 Å². The third kappa shape index (κ3) is 1.97. The number of carbonyl (C=O) groups is 1. The third-order valence-electron chi connectivity index (χ3n) is 2.05. The van der Waals surface area contributed by atoms with E-state index in [4.69, 9.17) is 4.74 Å². The van der Waals surface area contributed by atoms with Crippen LogP contribution in [0.25, 0.3) is 0 Å². The highest BCUT2D eigenvalue weighted by molar-refractivity contribution is 14.1. The molecule has 0 saturated carbocycles. The lowest BCUT2D eigenvalue weighted by Crippen LogP contribution is -1.93. The van der Waals surface area contributed by atoms with Gasteiger partial charge >= 0.3 is 0 Å². The summed E-state index contributed by atoms with van der Waals surface area (Å²) in [6.45, 7) is 0. The molecule has 1 aromatic rings. The number of rotatable bonds is 2. The topological polar surface area (TPSA) is 26.3 Å². The maximum absolute atomic E-state index is 11.2. The zero-order valence-electron chi connectivity index (χ0n) is 7.50. The second-order valence-corrected chi connectivity index (χ2v) is 4.15. The largest absolute Gasteiger partial charge is 0.460 e. The van der Waals surface area contributed by atoms with Gasteiger partial charge in [0.1, 0.15) is 11.5 Å². The minimum Gasteiger partial charge on any atom is -0.460 e. The maximum atomic E-state index is 11.2. The van der Waals surface area contributed by atoms with Gasteiger partial charge in [0.15, 0.2) is 5.78 Å². The summed E-state index contributed by atoms with van der Waals surface area (Å²) in [5.41, 5.74) is 0. The van der Waals surface area contributed by atoms with Crippen molar-refractivity contribution in [3.8, 4) is 5.75 Å². The summed E-state index contributed by atoms with van der Waals surface area (Å²) in [7, 11) is 0. The molecule has 0 amide bonds. The first-order valence-electron chi connectivity index (χ1n) is 4.42. The Balaban J connectivity index is 2.17. The van der Waals surface area contributed by atoms with Crippen LogP contribution in [0.2, 0.25) is 0 Å². The molecule has 1 aliphatic rings. The van der Waals surface area contributed by atoms with Gasteiger partial charge in [-0.2, -0.15) is 0 Å². The molecule has 0 saturated heterocycles. The summed E-state index contributed by atoms with van der Waals surface area (Å²) >= 11 is 2.05.